The SMILES string of the molecule is COC(C)(C)CNC(=O)Nc1ccc(CC(=O)O)cc1. The Labute approximate surface area is 118 Å². The number of benzene rings is 1. The van der Waals surface area contributed by atoms with E-state index in [1.165, 1.54) is 0 Å². The third-order valence-electron chi connectivity index (χ3n) is 2.79. The number of methoxy groups -OCH3 is 1. The molecule has 0 aliphatic carbocycles. The summed E-state index contributed by atoms with van der Waals surface area (Å²) in [7, 11) is 1.58. The summed E-state index contributed by atoms with van der Waals surface area (Å²) >= 11 is 0. The number of nitrogens with one attached hydrogen (secondary N) is 2. The number of anilines is 1. The molecule has 0 radical (unpaired) electrons. The smallest absolute Gasteiger partial charge is 0.319 e. The van der Waals surface area contributed by atoms with Crippen LogP contribution in [0.5, 0.6) is 0 Å². The Morgan fingerprint density at radius 2 is 1.85 bits per heavy atom. The van der Waals surface area contributed by atoms with E-state index in [4.69, 9.17) is 9.84 Å². The molecule has 0 saturated heterocycles. The number of hydrogen-bond acceptors (Lipinski definition) is 3. The van der Waals surface area contributed by atoms with Crippen molar-refractivity contribution < 1.29 is 19.4 Å². The highest BCUT2D eigenvalue weighted by Gasteiger charge is 2.17. The lowest BCUT2D eigenvalue weighted by Gasteiger charge is -2.23. The lowest BCUT2D eigenvalue weighted by atomic mass is 10.1. The standard InChI is InChI=1S/C14H20N2O4/c1-14(2,20-3)9-15-13(19)16-11-6-4-10(5-7-11)8-12(17)18/h4-7H,8-9H2,1-3H3,(H,17,18)(H2,15,16,19). The van der Waals surface area contributed by atoms with Gasteiger partial charge in [0.15, 0.2) is 0 Å². The largest absolute Gasteiger partial charge is 0.481 e. The fourth-order valence-corrected chi connectivity index (χ4v) is 1.42. The van der Waals surface area contributed by atoms with Gasteiger partial charge in [-0.05, 0) is 31.5 Å². The first-order chi connectivity index (χ1) is 9.32. The van der Waals surface area contributed by atoms with Gasteiger partial charge in [0, 0.05) is 19.3 Å². The maximum atomic E-state index is 11.7. The van der Waals surface area contributed by atoms with Gasteiger partial charge in [-0.2, -0.15) is 0 Å². The highest BCUT2D eigenvalue weighted by Crippen LogP contribution is 2.10. The number of aliphatic carboxylic acids is 1. The van der Waals surface area contributed by atoms with E-state index in [-0.39, 0.29) is 12.5 Å². The summed E-state index contributed by atoms with van der Waals surface area (Å²) < 4.78 is 5.19. The Kier molecular flexibility index (Phi) is 5.52. The number of carboxylic acids is 1. The van der Waals surface area contributed by atoms with Crippen LogP contribution in [0.4, 0.5) is 10.5 Å². The molecule has 2 amide bonds. The molecule has 0 fully saturated rings. The normalized spacial score (nSPS) is 10.9. The van der Waals surface area contributed by atoms with E-state index in [1.807, 2.05) is 13.8 Å². The van der Waals surface area contributed by atoms with Crippen LogP contribution in [0.3, 0.4) is 0 Å². The lowest BCUT2D eigenvalue weighted by Crippen LogP contribution is -2.41. The Hall–Kier alpha value is -2.08. The zero-order valence-electron chi connectivity index (χ0n) is 11.9. The van der Waals surface area contributed by atoms with Gasteiger partial charge in [-0.1, -0.05) is 12.1 Å². The molecule has 20 heavy (non-hydrogen) atoms. The number of ether oxygens (including phenoxy) is 1. The van der Waals surface area contributed by atoms with Gasteiger partial charge in [-0.3, -0.25) is 4.79 Å². The summed E-state index contributed by atoms with van der Waals surface area (Å²) in [5.41, 5.74) is 0.860. The Balaban J connectivity index is 2.48. The predicted molar refractivity (Wildman–Crippen MR) is 75.9 cm³/mol. The number of carbonyl (C=O) groups excluding carboxylic acids is 1. The zero-order valence-corrected chi connectivity index (χ0v) is 11.9. The summed E-state index contributed by atoms with van der Waals surface area (Å²) in [5, 5.41) is 14.0. The first kappa shape index (κ1) is 16.0. The molecule has 0 atom stereocenters. The van der Waals surface area contributed by atoms with E-state index in [2.05, 4.69) is 10.6 Å². The van der Waals surface area contributed by atoms with Crippen LogP contribution in [0, 0.1) is 0 Å². The van der Waals surface area contributed by atoms with Gasteiger partial charge in [0.25, 0.3) is 0 Å². The van der Waals surface area contributed by atoms with Crippen LogP contribution >= 0.6 is 0 Å². The van der Waals surface area contributed by atoms with Gasteiger partial charge in [-0.25, -0.2) is 4.79 Å². The van der Waals surface area contributed by atoms with Gasteiger partial charge in [0.05, 0.1) is 12.0 Å². The maximum absolute atomic E-state index is 11.7. The fourth-order valence-electron chi connectivity index (χ4n) is 1.42. The first-order valence-electron chi connectivity index (χ1n) is 6.23. The molecule has 0 aliphatic heterocycles. The van der Waals surface area contributed by atoms with Gasteiger partial charge in [0.1, 0.15) is 0 Å². The van der Waals surface area contributed by atoms with Gasteiger partial charge >= 0.3 is 12.0 Å². The summed E-state index contributed by atoms with van der Waals surface area (Å²) in [6.07, 6.45) is -0.0332. The van der Waals surface area contributed by atoms with Crippen molar-refractivity contribution in [1.29, 1.82) is 0 Å². The van der Waals surface area contributed by atoms with E-state index in [9.17, 15) is 9.59 Å². The van der Waals surface area contributed by atoms with Crippen molar-refractivity contribution >= 4 is 17.7 Å². The van der Waals surface area contributed by atoms with Crippen LogP contribution in [0.1, 0.15) is 19.4 Å². The molecule has 0 spiro atoms. The average Bonchev–Trinajstić information content (AvgIpc) is 2.38. The molecular weight excluding hydrogens is 260 g/mol. The molecule has 0 aliphatic rings. The van der Waals surface area contributed by atoms with Crippen molar-refractivity contribution in [1.82, 2.24) is 5.32 Å². The minimum Gasteiger partial charge on any atom is -0.481 e. The van der Waals surface area contributed by atoms with E-state index >= 15 is 0 Å². The van der Waals surface area contributed by atoms with Crippen molar-refractivity contribution in [2.75, 3.05) is 19.0 Å². The first-order valence-corrected chi connectivity index (χ1v) is 6.23. The Bertz CT molecular complexity index is 469. The van der Waals surface area contributed by atoms with Gasteiger partial charge in [-0.15, -0.1) is 0 Å². The fraction of sp³-hybridized carbons (Fsp3) is 0.429. The molecule has 6 heteroatoms. The van der Waals surface area contributed by atoms with Gasteiger partial charge in [0.2, 0.25) is 0 Å². The Morgan fingerprint density at radius 1 is 1.25 bits per heavy atom. The summed E-state index contributed by atoms with van der Waals surface area (Å²) in [5.74, 6) is -0.884. The van der Waals surface area contributed by atoms with Crippen LogP contribution in [0.25, 0.3) is 0 Å². The van der Waals surface area contributed by atoms with Crippen molar-refractivity contribution in [3.63, 3.8) is 0 Å². The number of urea groups is 1. The van der Waals surface area contributed by atoms with Crippen molar-refractivity contribution in [2.24, 2.45) is 0 Å². The number of rotatable bonds is 6. The monoisotopic (exact) mass is 280 g/mol. The molecule has 6 nitrogen and oxygen atoms in total. The molecule has 0 bridgehead atoms. The van der Waals surface area contributed by atoms with Crippen LogP contribution in [0.15, 0.2) is 24.3 Å². The Morgan fingerprint density at radius 3 is 2.35 bits per heavy atom. The van der Waals surface area contributed by atoms with Crippen LogP contribution < -0.4 is 10.6 Å². The third kappa shape index (κ3) is 5.71. The molecule has 0 heterocycles. The van der Waals surface area contributed by atoms with E-state index in [1.54, 1.807) is 31.4 Å². The van der Waals surface area contributed by atoms with Crippen molar-refractivity contribution in [3.05, 3.63) is 29.8 Å². The summed E-state index contributed by atoms with van der Waals surface area (Å²) in [4.78, 5) is 22.2. The van der Waals surface area contributed by atoms with Crippen LogP contribution in [0.2, 0.25) is 0 Å². The second-order valence-electron chi connectivity index (χ2n) is 5.04. The van der Waals surface area contributed by atoms with Crippen LogP contribution in [-0.2, 0) is 16.0 Å². The molecule has 0 unspecified atom stereocenters. The van der Waals surface area contributed by atoms with Crippen LogP contribution in [-0.4, -0.2) is 36.4 Å². The van der Waals surface area contributed by atoms with Gasteiger partial charge < -0.3 is 20.5 Å². The number of amides is 2. The second kappa shape index (κ2) is 6.91. The van der Waals surface area contributed by atoms with E-state index in [0.717, 1.165) is 0 Å². The quantitative estimate of drug-likeness (QED) is 0.742. The highest BCUT2D eigenvalue weighted by molar-refractivity contribution is 5.89. The maximum Gasteiger partial charge on any atom is 0.319 e. The summed E-state index contributed by atoms with van der Waals surface area (Å²) in [6, 6.07) is 6.34. The minimum atomic E-state index is -0.884. The zero-order chi connectivity index (χ0) is 15.2. The average molecular weight is 280 g/mol. The molecule has 0 saturated carbocycles. The van der Waals surface area contributed by atoms with Crippen molar-refractivity contribution in [2.45, 2.75) is 25.9 Å². The molecule has 1 aromatic rings. The minimum absolute atomic E-state index is 0.0332. The third-order valence-corrected chi connectivity index (χ3v) is 2.79. The predicted octanol–water partition coefficient (Wildman–Crippen LogP) is 1.86. The topological polar surface area (TPSA) is 87.7 Å². The molecule has 1 aromatic carbocycles. The number of hydrogen-bond donors (Lipinski definition) is 3. The molecular formula is C14H20N2O4. The lowest BCUT2D eigenvalue weighted by molar-refractivity contribution is -0.136. The highest BCUT2D eigenvalue weighted by atomic mass is 16.5. The number of carboxylic acid groups (broad SMARTS) is 1. The molecule has 0 aromatic heterocycles. The van der Waals surface area contributed by atoms with E-state index < -0.39 is 11.6 Å². The molecule has 1 rings (SSSR count). The second-order valence-corrected chi connectivity index (χ2v) is 5.04. The molecule has 110 valence electrons. The summed E-state index contributed by atoms with van der Waals surface area (Å²) in [6.45, 7) is 4.12. The van der Waals surface area contributed by atoms with Crippen molar-refractivity contribution in [3.8, 4) is 0 Å². The molecule has 3 N–H and O–H groups in total. The van der Waals surface area contributed by atoms with E-state index in [0.29, 0.717) is 17.8 Å². The number of carbonyl (C=O) groups is 2.